The Kier molecular flexibility index (Phi) is 21.3. The minimum Gasteiger partial charge on any atom is -0.494 e. The van der Waals surface area contributed by atoms with Gasteiger partial charge in [-0.15, -0.1) is 34.8 Å². The van der Waals surface area contributed by atoms with Crippen molar-refractivity contribution in [1.82, 2.24) is 0 Å². The van der Waals surface area contributed by atoms with Gasteiger partial charge in [-0.05, 0) is 155 Å². The van der Waals surface area contributed by atoms with Gasteiger partial charge in [0.05, 0.1) is 45.8 Å². The number of azo groups is 2. The van der Waals surface area contributed by atoms with Crippen LogP contribution in [0, 0.1) is 0 Å². The highest BCUT2D eigenvalue weighted by Crippen LogP contribution is 2.30. The number of hydrogen-bond acceptors (Lipinski definition) is 12. The first-order chi connectivity index (χ1) is 34.1. The molecule has 0 aliphatic carbocycles. The molecule has 0 aliphatic heterocycles. The third kappa shape index (κ3) is 15.8. The van der Waals surface area contributed by atoms with Crippen LogP contribution in [0.4, 0.5) is 34.1 Å². The van der Waals surface area contributed by atoms with E-state index >= 15 is 0 Å². The zero-order valence-electron chi connectivity index (χ0n) is 38.9. The second-order valence-corrected chi connectivity index (χ2v) is 17.3. The SMILES string of the molecule is CCOc1ccc(NC(=O)c2cc(N=NC(C(C)=O)C(=O)Nc3ccc(NC(=O)C(N=Nc4ccc(Cl)c(C(=O)Nc5ccc(OCC)c(CCCl)c5)c4)C(C)=O)c(CCCl)c3)ccc2Cl)cc1CCCl. The highest BCUT2D eigenvalue weighted by Gasteiger charge is 2.26. The van der Waals surface area contributed by atoms with Crippen LogP contribution in [0.15, 0.2) is 111 Å². The first-order valence-electron chi connectivity index (χ1n) is 22.1. The molecule has 0 fully saturated rings. The number of carbonyl (C=O) groups is 6. The summed E-state index contributed by atoms with van der Waals surface area (Å²) in [5.74, 6) is -1.88. The third-order valence-corrected chi connectivity index (χ3v) is 11.4. The minimum atomic E-state index is -1.60. The van der Waals surface area contributed by atoms with E-state index in [1.807, 2.05) is 13.8 Å². The Morgan fingerprint density at radius 3 is 1.32 bits per heavy atom. The number of benzene rings is 5. The maximum Gasteiger partial charge on any atom is 0.258 e. The van der Waals surface area contributed by atoms with Crippen molar-refractivity contribution in [3.63, 3.8) is 0 Å². The third-order valence-electron chi connectivity index (χ3n) is 10.2. The highest BCUT2D eigenvalue weighted by molar-refractivity contribution is 6.35. The number of ketones is 2. The number of nitrogens with one attached hydrogen (secondary N) is 4. The maximum atomic E-state index is 13.6. The molecule has 0 bridgehead atoms. The van der Waals surface area contributed by atoms with Gasteiger partial charge in [0.1, 0.15) is 11.5 Å². The first-order valence-corrected chi connectivity index (χ1v) is 24.4. The molecule has 16 nitrogen and oxygen atoms in total. The summed E-state index contributed by atoms with van der Waals surface area (Å²) in [5, 5.41) is 27.4. The van der Waals surface area contributed by atoms with E-state index in [1.165, 1.54) is 68.4 Å². The number of Topliss-reactive ketones (excluding diaryl/α,β-unsaturated/α-hetero) is 2. The molecule has 2 atom stereocenters. The van der Waals surface area contributed by atoms with Crippen LogP contribution in [0.1, 0.15) is 65.1 Å². The summed E-state index contributed by atoms with van der Waals surface area (Å²) in [4.78, 5) is 79.1. The topological polar surface area (TPSA) is 218 Å². The van der Waals surface area contributed by atoms with E-state index in [1.54, 1.807) is 36.4 Å². The van der Waals surface area contributed by atoms with Crippen molar-refractivity contribution < 1.29 is 38.2 Å². The van der Waals surface area contributed by atoms with E-state index in [0.717, 1.165) is 11.1 Å². The lowest BCUT2D eigenvalue weighted by molar-refractivity contribution is -0.127. The molecule has 71 heavy (non-hydrogen) atoms. The summed E-state index contributed by atoms with van der Waals surface area (Å²) in [6.45, 7) is 7.00. The van der Waals surface area contributed by atoms with Crippen molar-refractivity contribution in [3.05, 3.63) is 129 Å². The Labute approximate surface area is 435 Å². The molecule has 0 aliphatic rings. The summed E-state index contributed by atoms with van der Waals surface area (Å²) in [6, 6.07) is 20.2. The summed E-state index contributed by atoms with van der Waals surface area (Å²) >= 11 is 30.9. The van der Waals surface area contributed by atoms with Gasteiger partial charge >= 0.3 is 0 Å². The average Bonchev–Trinajstić information content (AvgIpc) is 3.32. The number of amides is 4. The van der Waals surface area contributed by atoms with E-state index in [-0.39, 0.29) is 56.2 Å². The normalized spacial score (nSPS) is 12.0. The van der Waals surface area contributed by atoms with Crippen LogP contribution in [0.3, 0.4) is 0 Å². The van der Waals surface area contributed by atoms with Gasteiger partial charge in [0.2, 0.25) is 12.1 Å². The molecule has 0 heterocycles. The lowest BCUT2D eigenvalue weighted by atomic mass is 10.1. The van der Waals surface area contributed by atoms with Gasteiger partial charge in [-0.25, -0.2) is 0 Å². The van der Waals surface area contributed by atoms with Crippen LogP contribution in [-0.4, -0.2) is 78.1 Å². The molecule has 0 radical (unpaired) electrons. The predicted octanol–water partition coefficient (Wildman–Crippen LogP) is 12.0. The van der Waals surface area contributed by atoms with Crippen molar-refractivity contribution in [3.8, 4) is 11.5 Å². The fraction of sp³-hybridized carbons (Fsp3) is 0.280. The van der Waals surface area contributed by atoms with Crippen LogP contribution in [0.25, 0.3) is 0 Å². The molecule has 5 aromatic rings. The molecule has 0 aromatic heterocycles. The Hall–Kier alpha value is -6.43. The number of nitrogens with zero attached hydrogens (tertiary/aromatic N) is 4. The predicted molar refractivity (Wildman–Crippen MR) is 279 cm³/mol. The largest absolute Gasteiger partial charge is 0.494 e. The Bertz CT molecular complexity index is 2850. The Morgan fingerprint density at radius 1 is 0.507 bits per heavy atom. The van der Waals surface area contributed by atoms with Crippen LogP contribution < -0.4 is 30.7 Å². The quantitative estimate of drug-likeness (QED) is 0.0264. The van der Waals surface area contributed by atoms with Crippen LogP contribution in [0.5, 0.6) is 11.5 Å². The fourth-order valence-corrected chi connectivity index (χ4v) is 7.81. The average molecular weight is 1070 g/mol. The van der Waals surface area contributed by atoms with E-state index in [0.29, 0.717) is 66.3 Å². The zero-order valence-corrected chi connectivity index (χ0v) is 42.7. The molecule has 5 aromatic carbocycles. The monoisotopic (exact) mass is 1060 g/mol. The van der Waals surface area contributed by atoms with Gasteiger partial charge in [-0.2, -0.15) is 20.5 Å². The zero-order chi connectivity index (χ0) is 51.6. The molecule has 5 rings (SSSR count). The number of anilines is 4. The second kappa shape index (κ2) is 27.2. The van der Waals surface area contributed by atoms with Crippen molar-refractivity contribution in [2.24, 2.45) is 20.5 Å². The summed E-state index contributed by atoms with van der Waals surface area (Å²) in [5.41, 5.74) is 3.94. The van der Waals surface area contributed by atoms with Crippen molar-refractivity contribution in [2.45, 2.75) is 59.0 Å². The van der Waals surface area contributed by atoms with E-state index < -0.39 is 47.3 Å². The van der Waals surface area contributed by atoms with Crippen molar-refractivity contribution >= 4 is 127 Å². The summed E-state index contributed by atoms with van der Waals surface area (Å²) in [6.07, 6.45) is 1.24. The standard InChI is InChI=1S/C50H49Cl5N8O8/c1-5-70-43-15-10-34(24-31(43)18-21-52)56-47(66)38-26-36(7-12-40(38)54)60-62-45(28(3)64)49(68)58-33-9-14-42(30(23-33)17-20-51)59-50(69)46(29(4)65)63-61-37-8-13-41(55)39(27-37)48(67)57-35-11-16-44(71-6-2)32(25-35)19-22-53/h7-16,23-27,45-46H,5-6,17-22H2,1-4H3,(H,56,66)(H,57,67)(H,58,68)(H,59,69). The lowest BCUT2D eigenvalue weighted by Gasteiger charge is -2.15. The van der Waals surface area contributed by atoms with Gasteiger partial charge in [0.15, 0.2) is 11.6 Å². The number of ether oxygens (including phenoxy) is 2. The Balaban J connectivity index is 1.26. The fourth-order valence-electron chi connectivity index (χ4n) is 6.80. The van der Waals surface area contributed by atoms with Crippen LogP contribution in [-0.2, 0) is 38.4 Å². The molecule has 0 saturated heterocycles. The maximum absolute atomic E-state index is 13.6. The number of carbonyl (C=O) groups excluding carboxylic acids is 6. The van der Waals surface area contributed by atoms with E-state index in [4.69, 9.17) is 67.5 Å². The molecule has 4 N–H and O–H groups in total. The molecular weight excluding hydrogens is 1020 g/mol. The van der Waals surface area contributed by atoms with Gasteiger partial charge in [-0.1, -0.05) is 23.2 Å². The van der Waals surface area contributed by atoms with E-state index in [9.17, 15) is 28.8 Å². The molecule has 0 saturated carbocycles. The number of rotatable bonds is 24. The number of alkyl halides is 3. The smallest absolute Gasteiger partial charge is 0.258 e. The number of hydrogen-bond donors (Lipinski definition) is 4. The highest BCUT2D eigenvalue weighted by atomic mass is 35.5. The number of halogens is 5. The summed E-state index contributed by atoms with van der Waals surface area (Å²) in [7, 11) is 0. The molecule has 372 valence electrons. The first kappa shape index (κ1) is 55.5. The number of aryl methyl sites for hydroxylation is 3. The molecule has 4 amide bonds. The van der Waals surface area contributed by atoms with Crippen LogP contribution >= 0.6 is 58.0 Å². The lowest BCUT2D eigenvalue weighted by Crippen LogP contribution is -2.32. The van der Waals surface area contributed by atoms with Gasteiger partial charge in [0, 0.05) is 40.4 Å². The van der Waals surface area contributed by atoms with Crippen LogP contribution in [0.2, 0.25) is 10.0 Å². The summed E-state index contributed by atoms with van der Waals surface area (Å²) < 4.78 is 11.3. The van der Waals surface area contributed by atoms with Crippen molar-refractivity contribution in [2.75, 3.05) is 52.1 Å². The van der Waals surface area contributed by atoms with Gasteiger partial charge in [-0.3, -0.25) is 28.8 Å². The molecule has 0 spiro atoms. The second-order valence-electron chi connectivity index (χ2n) is 15.4. The van der Waals surface area contributed by atoms with Crippen molar-refractivity contribution in [1.29, 1.82) is 0 Å². The van der Waals surface area contributed by atoms with E-state index in [2.05, 4.69) is 41.7 Å². The van der Waals surface area contributed by atoms with Gasteiger partial charge < -0.3 is 30.7 Å². The molecule has 21 heteroatoms. The van der Waals surface area contributed by atoms with Gasteiger partial charge in [0.25, 0.3) is 23.6 Å². The minimum absolute atomic E-state index is 0.0615. The molecular formula is C50H49Cl5N8O8. The molecule has 2 unspecified atom stereocenters. The Morgan fingerprint density at radius 2 is 0.901 bits per heavy atom.